The maximum absolute atomic E-state index is 5.39. The van der Waals surface area contributed by atoms with Gasteiger partial charge < -0.3 is 15.0 Å². The first-order valence-corrected chi connectivity index (χ1v) is 11.8. The second-order valence-electron chi connectivity index (χ2n) is 7.78. The molecule has 1 aromatic carbocycles. The van der Waals surface area contributed by atoms with E-state index in [9.17, 15) is 0 Å². The van der Waals surface area contributed by atoms with E-state index in [4.69, 9.17) is 14.7 Å². The van der Waals surface area contributed by atoms with Crippen molar-refractivity contribution in [3.63, 3.8) is 0 Å². The van der Waals surface area contributed by atoms with Crippen molar-refractivity contribution in [1.29, 1.82) is 0 Å². The number of aliphatic imine (C=N–C) groups is 1. The number of hydrogen-bond acceptors (Lipinski definition) is 5. The van der Waals surface area contributed by atoms with E-state index in [1.807, 2.05) is 6.92 Å². The van der Waals surface area contributed by atoms with E-state index < -0.39 is 0 Å². The smallest absolute Gasteiger partial charge is 0.194 e. The maximum Gasteiger partial charge on any atom is 0.194 e. The van der Waals surface area contributed by atoms with Gasteiger partial charge in [0.2, 0.25) is 0 Å². The molecule has 3 rings (SSSR count). The number of aromatic nitrogens is 1. The summed E-state index contributed by atoms with van der Waals surface area (Å²) in [5.74, 6) is 0.923. The van der Waals surface area contributed by atoms with Crippen molar-refractivity contribution >= 4 is 41.3 Å². The topological polar surface area (TPSA) is 53.0 Å². The zero-order valence-corrected chi connectivity index (χ0v) is 22.2. The molecule has 0 radical (unpaired) electrons. The number of nitrogens with one attached hydrogen (secondary N) is 1. The lowest BCUT2D eigenvalue weighted by Gasteiger charge is -2.28. The van der Waals surface area contributed by atoms with E-state index in [1.165, 1.54) is 18.4 Å². The molecule has 172 valence electrons. The fraction of sp³-hybridized carbons (Fsp3) is 0.565. The predicted octanol–water partition coefficient (Wildman–Crippen LogP) is 4.70. The van der Waals surface area contributed by atoms with Crippen LogP contribution in [0.15, 0.2) is 40.7 Å². The van der Waals surface area contributed by atoms with Crippen LogP contribution in [0, 0.1) is 0 Å². The first-order valence-electron chi connectivity index (χ1n) is 10.9. The van der Waals surface area contributed by atoms with Crippen LogP contribution in [0.25, 0.3) is 0 Å². The Morgan fingerprint density at radius 2 is 2.00 bits per heavy atom. The zero-order valence-electron chi connectivity index (χ0n) is 19.1. The fourth-order valence-electron chi connectivity index (χ4n) is 3.80. The lowest BCUT2D eigenvalue weighted by atomic mass is 10.1. The van der Waals surface area contributed by atoms with Gasteiger partial charge in [0.1, 0.15) is 11.1 Å². The summed E-state index contributed by atoms with van der Waals surface area (Å²) >= 11 is 1.65. The van der Waals surface area contributed by atoms with Gasteiger partial charge >= 0.3 is 0 Å². The Morgan fingerprint density at radius 1 is 1.29 bits per heavy atom. The number of nitrogens with zero attached hydrogens (tertiary/aromatic N) is 4. The van der Waals surface area contributed by atoms with Crippen molar-refractivity contribution < 1.29 is 4.74 Å². The number of halogens is 1. The van der Waals surface area contributed by atoms with Gasteiger partial charge in [0, 0.05) is 26.1 Å². The standard InChI is InChI=1S/C23H35N5OS.HI/c1-5-24-23(27(3)16-20-17-30-22(26-20)18(2)29-4)25-15-21(28-13-9-10-14-28)19-11-7-6-8-12-19;/h6-8,11-12,17-18,21H,5,9-10,13-16H2,1-4H3,(H,24,25);1H. The molecular formula is C23H36IN5OS. The van der Waals surface area contributed by atoms with Crippen LogP contribution >= 0.6 is 35.3 Å². The Bertz CT molecular complexity index is 794. The first kappa shape index (κ1) is 26.0. The molecule has 1 fully saturated rings. The summed E-state index contributed by atoms with van der Waals surface area (Å²) < 4.78 is 5.39. The summed E-state index contributed by atoms with van der Waals surface area (Å²) in [7, 11) is 3.80. The number of benzene rings is 1. The summed E-state index contributed by atoms with van der Waals surface area (Å²) in [6, 6.07) is 11.1. The molecular weight excluding hydrogens is 521 g/mol. The van der Waals surface area contributed by atoms with E-state index in [2.05, 4.69) is 64.8 Å². The minimum Gasteiger partial charge on any atom is -0.375 e. The molecule has 0 saturated carbocycles. The normalized spacial score (nSPS) is 16.6. The third-order valence-electron chi connectivity index (χ3n) is 5.55. The van der Waals surface area contributed by atoms with Crippen molar-refractivity contribution in [1.82, 2.24) is 20.1 Å². The Labute approximate surface area is 208 Å². The fourth-order valence-corrected chi connectivity index (χ4v) is 4.65. The molecule has 1 N–H and O–H groups in total. The number of thiazole rings is 1. The van der Waals surface area contributed by atoms with Crippen molar-refractivity contribution in [3.8, 4) is 0 Å². The highest BCUT2D eigenvalue weighted by molar-refractivity contribution is 14.0. The van der Waals surface area contributed by atoms with E-state index in [-0.39, 0.29) is 30.1 Å². The van der Waals surface area contributed by atoms with Crippen LogP contribution in [0.5, 0.6) is 0 Å². The van der Waals surface area contributed by atoms with Gasteiger partial charge in [-0.3, -0.25) is 9.89 Å². The largest absolute Gasteiger partial charge is 0.375 e. The van der Waals surface area contributed by atoms with E-state index >= 15 is 0 Å². The SMILES string of the molecule is CCNC(=NCC(c1ccccc1)N1CCCC1)N(C)Cc1csc(C(C)OC)n1.I. The summed E-state index contributed by atoms with van der Waals surface area (Å²) in [5.41, 5.74) is 2.39. The lowest BCUT2D eigenvalue weighted by molar-refractivity contribution is 0.119. The number of hydrogen-bond donors (Lipinski definition) is 1. The summed E-state index contributed by atoms with van der Waals surface area (Å²) in [5, 5.41) is 6.58. The summed E-state index contributed by atoms with van der Waals surface area (Å²) in [4.78, 5) is 14.5. The first-order chi connectivity index (χ1) is 14.6. The molecule has 0 amide bonds. The monoisotopic (exact) mass is 557 g/mol. The van der Waals surface area contributed by atoms with E-state index in [1.54, 1.807) is 18.4 Å². The van der Waals surface area contributed by atoms with Gasteiger partial charge in [-0.05, 0) is 45.3 Å². The highest BCUT2D eigenvalue weighted by Gasteiger charge is 2.23. The van der Waals surface area contributed by atoms with Crippen molar-refractivity contribution in [2.45, 2.75) is 45.4 Å². The molecule has 0 aliphatic carbocycles. The molecule has 2 atom stereocenters. The van der Waals surface area contributed by atoms with Crippen molar-refractivity contribution in [2.75, 3.05) is 40.3 Å². The average molecular weight is 558 g/mol. The molecule has 31 heavy (non-hydrogen) atoms. The van der Waals surface area contributed by atoms with Crippen LogP contribution in [0.3, 0.4) is 0 Å². The number of rotatable bonds is 9. The van der Waals surface area contributed by atoms with E-state index in [0.717, 1.165) is 49.4 Å². The molecule has 0 bridgehead atoms. The van der Waals surface area contributed by atoms with Crippen LogP contribution in [0.2, 0.25) is 0 Å². The molecule has 0 spiro atoms. The van der Waals surface area contributed by atoms with Gasteiger partial charge in [-0.1, -0.05) is 30.3 Å². The van der Waals surface area contributed by atoms with Crippen LogP contribution in [0.4, 0.5) is 0 Å². The van der Waals surface area contributed by atoms with Gasteiger partial charge in [0.15, 0.2) is 5.96 Å². The van der Waals surface area contributed by atoms with Crippen molar-refractivity contribution in [2.24, 2.45) is 4.99 Å². The van der Waals surface area contributed by atoms with E-state index in [0.29, 0.717) is 6.04 Å². The molecule has 1 aliphatic rings. The second-order valence-corrected chi connectivity index (χ2v) is 8.66. The Morgan fingerprint density at radius 3 is 2.65 bits per heavy atom. The summed E-state index contributed by atoms with van der Waals surface area (Å²) in [6.45, 7) is 8.76. The van der Waals surface area contributed by atoms with Gasteiger partial charge in [0.05, 0.1) is 24.8 Å². The molecule has 1 aromatic heterocycles. The Balaban J connectivity index is 0.00000341. The quantitative estimate of drug-likeness (QED) is 0.275. The third kappa shape index (κ3) is 7.40. The maximum atomic E-state index is 5.39. The highest BCUT2D eigenvalue weighted by Crippen LogP contribution is 2.25. The number of likely N-dealkylation sites (tertiary alicyclic amines) is 1. The molecule has 6 nitrogen and oxygen atoms in total. The second kappa shape index (κ2) is 13.3. The number of ether oxygens (including phenoxy) is 1. The van der Waals surface area contributed by atoms with Gasteiger partial charge in [-0.15, -0.1) is 35.3 Å². The molecule has 2 heterocycles. The lowest BCUT2D eigenvalue weighted by Crippen LogP contribution is -2.39. The number of guanidine groups is 1. The predicted molar refractivity (Wildman–Crippen MR) is 140 cm³/mol. The zero-order chi connectivity index (χ0) is 21.3. The molecule has 2 aromatic rings. The molecule has 1 aliphatic heterocycles. The van der Waals surface area contributed by atoms with Crippen LogP contribution < -0.4 is 5.32 Å². The third-order valence-corrected chi connectivity index (χ3v) is 6.60. The van der Waals surface area contributed by atoms with Crippen LogP contribution in [-0.2, 0) is 11.3 Å². The van der Waals surface area contributed by atoms with Crippen molar-refractivity contribution in [3.05, 3.63) is 52.0 Å². The Kier molecular flexibility index (Phi) is 11.2. The van der Waals surface area contributed by atoms with Crippen LogP contribution in [-0.4, -0.2) is 61.1 Å². The van der Waals surface area contributed by atoms with Gasteiger partial charge in [0.25, 0.3) is 0 Å². The molecule has 8 heteroatoms. The van der Waals surface area contributed by atoms with Gasteiger partial charge in [-0.25, -0.2) is 4.98 Å². The van der Waals surface area contributed by atoms with Crippen LogP contribution in [0.1, 0.15) is 55.1 Å². The average Bonchev–Trinajstić information content (AvgIpc) is 3.46. The summed E-state index contributed by atoms with van der Waals surface area (Å²) in [6.07, 6.45) is 2.58. The Hall–Kier alpha value is -1.23. The van der Waals surface area contributed by atoms with Gasteiger partial charge in [-0.2, -0.15) is 0 Å². The minimum atomic E-state index is 0. The molecule has 1 saturated heterocycles. The highest BCUT2D eigenvalue weighted by atomic mass is 127. The molecule has 2 unspecified atom stereocenters. The number of methoxy groups -OCH3 is 1. The minimum absolute atomic E-state index is 0.